The minimum absolute atomic E-state index is 0.729. The second-order valence-corrected chi connectivity index (χ2v) is 5.10. The molecule has 1 aliphatic carbocycles. The monoisotopic (exact) mass is 210 g/mol. The van der Waals surface area contributed by atoms with Crippen molar-refractivity contribution in [3.63, 3.8) is 0 Å². The molecule has 14 heavy (non-hydrogen) atoms. The Balaban J connectivity index is 2.14. The molecule has 2 rings (SSSR count). The molecule has 0 bridgehead atoms. The Bertz CT molecular complexity index is 268. The van der Waals surface area contributed by atoms with Crippen molar-refractivity contribution in [1.82, 2.24) is 4.98 Å². The Morgan fingerprint density at radius 2 is 1.93 bits per heavy atom. The van der Waals surface area contributed by atoms with Crippen LogP contribution in [0.2, 0.25) is 0 Å². The summed E-state index contributed by atoms with van der Waals surface area (Å²) in [7, 11) is 0. The van der Waals surface area contributed by atoms with Gasteiger partial charge in [0.05, 0.1) is 10.7 Å². The molecule has 0 atom stereocenters. The van der Waals surface area contributed by atoms with E-state index in [0.29, 0.717) is 0 Å². The van der Waals surface area contributed by atoms with Crippen molar-refractivity contribution in [2.24, 2.45) is 5.73 Å². The summed E-state index contributed by atoms with van der Waals surface area (Å²) in [6.07, 6.45) is 8.83. The molecule has 1 aliphatic rings. The number of aryl methyl sites for hydroxylation is 2. The number of fused-ring (bicyclic) bond motifs is 1. The van der Waals surface area contributed by atoms with E-state index in [1.165, 1.54) is 54.1 Å². The van der Waals surface area contributed by atoms with Gasteiger partial charge in [0.1, 0.15) is 0 Å². The Kier molecular flexibility index (Phi) is 3.54. The summed E-state index contributed by atoms with van der Waals surface area (Å²) in [6, 6.07) is 0. The summed E-state index contributed by atoms with van der Waals surface area (Å²) >= 11 is 1.89. The van der Waals surface area contributed by atoms with E-state index in [2.05, 4.69) is 4.98 Å². The largest absolute Gasteiger partial charge is 0.330 e. The van der Waals surface area contributed by atoms with Crippen molar-refractivity contribution >= 4 is 11.3 Å². The number of aromatic nitrogens is 1. The Morgan fingerprint density at radius 1 is 1.14 bits per heavy atom. The molecule has 0 aliphatic heterocycles. The molecule has 0 unspecified atom stereocenters. The Labute approximate surface area is 89.5 Å². The predicted octanol–water partition coefficient (Wildman–Crippen LogP) is 2.30. The lowest BCUT2D eigenvalue weighted by Crippen LogP contribution is -2.02. The maximum atomic E-state index is 5.55. The van der Waals surface area contributed by atoms with Gasteiger partial charge < -0.3 is 5.73 Å². The van der Waals surface area contributed by atoms with E-state index >= 15 is 0 Å². The van der Waals surface area contributed by atoms with Crippen LogP contribution < -0.4 is 5.73 Å². The van der Waals surface area contributed by atoms with Gasteiger partial charge in [-0.25, -0.2) is 4.98 Å². The van der Waals surface area contributed by atoms with Gasteiger partial charge >= 0.3 is 0 Å². The van der Waals surface area contributed by atoms with Gasteiger partial charge in [0.25, 0.3) is 0 Å². The van der Waals surface area contributed by atoms with E-state index < -0.39 is 0 Å². The summed E-state index contributed by atoms with van der Waals surface area (Å²) in [5.41, 5.74) is 6.92. The predicted molar refractivity (Wildman–Crippen MR) is 60.7 cm³/mol. The number of nitrogens with two attached hydrogens (primary N) is 1. The molecule has 1 aromatic rings. The quantitative estimate of drug-likeness (QED) is 0.813. The van der Waals surface area contributed by atoms with Gasteiger partial charge in [-0.1, -0.05) is 12.8 Å². The summed E-state index contributed by atoms with van der Waals surface area (Å²) in [4.78, 5) is 6.22. The standard InChI is InChI=1S/C11H18N2S/c12-8-7-11-13-9-5-3-1-2-4-6-10(9)14-11/h1-8,12H2. The zero-order chi connectivity index (χ0) is 9.80. The SMILES string of the molecule is NCCc1nc2c(s1)CCCCCC2. The molecule has 0 saturated heterocycles. The number of nitrogens with zero attached hydrogens (tertiary/aromatic N) is 1. The van der Waals surface area contributed by atoms with Gasteiger partial charge in [0, 0.05) is 11.3 Å². The number of rotatable bonds is 2. The Morgan fingerprint density at radius 3 is 2.71 bits per heavy atom. The van der Waals surface area contributed by atoms with Crippen LogP contribution in [0.1, 0.15) is 41.3 Å². The lowest BCUT2D eigenvalue weighted by Gasteiger charge is -2.06. The van der Waals surface area contributed by atoms with Gasteiger partial charge in [-0.2, -0.15) is 0 Å². The maximum Gasteiger partial charge on any atom is 0.0943 e. The van der Waals surface area contributed by atoms with Crippen LogP contribution in [0.25, 0.3) is 0 Å². The summed E-state index contributed by atoms with van der Waals surface area (Å²) in [5, 5.41) is 1.25. The first-order valence-corrected chi connectivity index (χ1v) is 6.39. The molecule has 0 saturated carbocycles. The first kappa shape index (κ1) is 10.1. The highest BCUT2D eigenvalue weighted by Crippen LogP contribution is 2.25. The zero-order valence-electron chi connectivity index (χ0n) is 8.59. The van der Waals surface area contributed by atoms with Crippen LogP contribution in [0.5, 0.6) is 0 Å². The van der Waals surface area contributed by atoms with E-state index in [9.17, 15) is 0 Å². The van der Waals surface area contributed by atoms with Gasteiger partial charge in [-0.05, 0) is 32.2 Å². The van der Waals surface area contributed by atoms with Crippen LogP contribution in [0.3, 0.4) is 0 Å². The van der Waals surface area contributed by atoms with E-state index in [1.807, 2.05) is 11.3 Å². The summed E-state index contributed by atoms with van der Waals surface area (Å²) in [6.45, 7) is 0.729. The van der Waals surface area contributed by atoms with E-state index in [-0.39, 0.29) is 0 Å². The van der Waals surface area contributed by atoms with Crippen molar-refractivity contribution in [3.05, 3.63) is 15.6 Å². The second-order valence-electron chi connectivity index (χ2n) is 3.93. The van der Waals surface area contributed by atoms with E-state index in [1.54, 1.807) is 0 Å². The van der Waals surface area contributed by atoms with Gasteiger partial charge in [-0.15, -0.1) is 11.3 Å². The highest BCUT2D eigenvalue weighted by atomic mass is 32.1. The number of thiazole rings is 1. The molecule has 0 aromatic carbocycles. The highest BCUT2D eigenvalue weighted by Gasteiger charge is 2.12. The second kappa shape index (κ2) is 4.89. The van der Waals surface area contributed by atoms with Crippen LogP contribution >= 0.6 is 11.3 Å². The minimum Gasteiger partial charge on any atom is -0.330 e. The number of hydrogen-bond acceptors (Lipinski definition) is 3. The van der Waals surface area contributed by atoms with Crippen molar-refractivity contribution in [3.8, 4) is 0 Å². The van der Waals surface area contributed by atoms with Crippen molar-refractivity contribution in [2.75, 3.05) is 6.54 Å². The summed E-state index contributed by atoms with van der Waals surface area (Å²) < 4.78 is 0. The molecule has 2 N–H and O–H groups in total. The zero-order valence-corrected chi connectivity index (χ0v) is 9.41. The minimum atomic E-state index is 0.729. The molecule has 2 nitrogen and oxygen atoms in total. The molecule has 78 valence electrons. The average molecular weight is 210 g/mol. The third-order valence-corrected chi connectivity index (χ3v) is 3.97. The summed E-state index contributed by atoms with van der Waals surface area (Å²) in [5.74, 6) is 0. The third kappa shape index (κ3) is 2.34. The van der Waals surface area contributed by atoms with Crippen LogP contribution in [0.15, 0.2) is 0 Å². The molecule has 1 heterocycles. The lowest BCUT2D eigenvalue weighted by molar-refractivity contribution is 0.615. The molecule has 0 amide bonds. The molecule has 3 heteroatoms. The third-order valence-electron chi connectivity index (χ3n) is 2.75. The van der Waals surface area contributed by atoms with E-state index in [4.69, 9.17) is 5.73 Å². The lowest BCUT2D eigenvalue weighted by atomic mass is 10.0. The van der Waals surface area contributed by atoms with Crippen LogP contribution in [-0.2, 0) is 19.3 Å². The first-order valence-electron chi connectivity index (χ1n) is 5.57. The van der Waals surface area contributed by atoms with E-state index in [0.717, 1.165) is 13.0 Å². The Hall–Kier alpha value is -0.410. The van der Waals surface area contributed by atoms with Gasteiger partial charge in [0.15, 0.2) is 0 Å². The van der Waals surface area contributed by atoms with Crippen molar-refractivity contribution in [1.29, 1.82) is 0 Å². The first-order chi connectivity index (χ1) is 6.90. The van der Waals surface area contributed by atoms with Gasteiger partial charge in [0.2, 0.25) is 0 Å². The normalized spacial score (nSPS) is 17.2. The number of hydrogen-bond donors (Lipinski definition) is 1. The van der Waals surface area contributed by atoms with Crippen molar-refractivity contribution in [2.45, 2.75) is 44.9 Å². The molecular weight excluding hydrogens is 192 g/mol. The fourth-order valence-corrected chi connectivity index (χ4v) is 3.16. The maximum absolute atomic E-state index is 5.55. The smallest absolute Gasteiger partial charge is 0.0943 e. The molecular formula is C11H18N2S. The van der Waals surface area contributed by atoms with Crippen LogP contribution in [-0.4, -0.2) is 11.5 Å². The fourth-order valence-electron chi connectivity index (χ4n) is 1.99. The highest BCUT2D eigenvalue weighted by molar-refractivity contribution is 7.11. The van der Waals surface area contributed by atoms with Crippen LogP contribution in [0, 0.1) is 0 Å². The molecule has 0 spiro atoms. The van der Waals surface area contributed by atoms with Gasteiger partial charge in [-0.3, -0.25) is 0 Å². The molecule has 1 aromatic heterocycles. The van der Waals surface area contributed by atoms with Crippen molar-refractivity contribution < 1.29 is 0 Å². The molecule has 0 radical (unpaired) electrons. The van der Waals surface area contributed by atoms with Crippen LogP contribution in [0.4, 0.5) is 0 Å². The average Bonchev–Trinajstić information content (AvgIpc) is 2.48. The molecule has 0 fully saturated rings. The topological polar surface area (TPSA) is 38.9 Å². The fraction of sp³-hybridized carbons (Fsp3) is 0.727.